The number of alkyl halides is 3. The van der Waals surface area contributed by atoms with Crippen LogP contribution in [-0.2, 0) is 17.5 Å². The molecule has 10 heteroatoms. The number of nitrogens with zero attached hydrogens (tertiary/aromatic N) is 2. The number of hydrogen-bond donors (Lipinski definition) is 1. The number of benzene rings is 2. The molecule has 0 spiro atoms. The van der Waals surface area contributed by atoms with Crippen LogP contribution in [-0.4, -0.2) is 27.6 Å². The number of cyclic esters (lactones) is 1. The Bertz CT molecular complexity index is 1180. The molecule has 1 N–H and O–H groups in total. The quantitative estimate of drug-likeness (QED) is 0.528. The van der Waals surface area contributed by atoms with E-state index in [1.165, 1.54) is 6.92 Å². The predicted octanol–water partition coefficient (Wildman–Crippen LogP) is 5.43. The monoisotopic (exact) mass is 461 g/mol. The maximum Gasteiger partial charge on any atom is 0.419 e. The average Bonchev–Trinajstić information content (AvgIpc) is 3.39. The fourth-order valence-electron chi connectivity index (χ4n) is 3.78. The third kappa shape index (κ3) is 4.55. The van der Waals surface area contributed by atoms with Crippen molar-refractivity contribution in [2.45, 2.75) is 31.8 Å². The highest BCUT2D eigenvalue weighted by molar-refractivity contribution is 5.92. The molecule has 0 saturated carbocycles. The molecule has 6 nitrogen and oxygen atoms in total. The Labute approximate surface area is 186 Å². The number of aromatic nitrogens is 1. The van der Waals surface area contributed by atoms with Gasteiger partial charge in [-0.25, -0.2) is 18.9 Å². The molecule has 0 bridgehead atoms. The molecule has 33 heavy (non-hydrogen) atoms. The summed E-state index contributed by atoms with van der Waals surface area (Å²) in [5.41, 5.74) is 0.220. The van der Waals surface area contributed by atoms with E-state index in [0.717, 1.165) is 22.2 Å². The third-order valence-electron chi connectivity index (χ3n) is 5.37. The summed E-state index contributed by atoms with van der Waals surface area (Å²) in [5.74, 6) is -1.12. The third-order valence-corrected chi connectivity index (χ3v) is 5.37. The second-order valence-corrected chi connectivity index (χ2v) is 7.56. The lowest BCUT2D eigenvalue weighted by molar-refractivity contribution is -0.137. The van der Waals surface area contributed by atoms with Crippen molar-refractivity contribution in [3.8, 4) is 5.69 Å². The fraction of sp³-hybridized carbons (Fsp3) is 0.217. The Kier molecular flexibility index (Phi) is 5.84. The Morgan fingerprint density at radius 2 is 1.79 bits per heavy atom. The Balaban J connectivity index is 1.51. The van der Waals surface area contributed by atoms with E-state index >= 15 is 0 Å². The highest BCUT2D eigenvalue weighted by atomic mass is 19.4. The van der Waals surface area contributed by atoms with E-state index in [0.29, 0.717) is 12.1 Å². The Morgan fingerprint density at radius 1 is 1.09 bits per heavy atom. The molecule has 1 aromatic heterocycles. The van der Waals surface area contributed by atoms with Crippen molar-refractivity contribution in [3.63, 3.8) is 0 Å². The van der Waals surface area contributed by atoms with E-state index in [2.05, 4.69) is 5.32 Å². The number of halogens is 4. The smallest absolute Gasteiger partial charge is 0.419 e. The van der Waals surface area contributed by atoms with Gasteiger partial charge in [-0.2, -0.15) is 13.2 Å². The molecule has 3 amide bonds. The van der Waals surface area contributed by atoms with Gasteiger partial charge in [0.15, 0.2) is 0 Å². The highest BCUT2D eigenvalue weighted by Crippen LogP contribution is 2.37. The first-order valence-electron chi connectivity index (χ1n) is 10.0. The van der Waals surface area contributed by atoms with Gasteiger partial charge in [-0.1, -0.05) is 18.2 Å². The van der Waals surface area contributed by atoms with Crippen LogP contribution < -0.4 is 5.32 Å². The lowest BCUT2D eigenvalue weighted by Gasteiger charge is -2.21. The molecule has 172 valence electrons. The van der Waals surface area contributed by atoms with E-state index in [9.17, 15) is 27.2 Å². The number of amides is 3. The maximum atomic E-state index is 13.8. The van der Waals surface area contributed by atoms with Crippen molar-refractivity contribution in [2.24, 2.45) is 0 Å². The number of hydrogen-bond acceptors (Lipinski definition) is 3. The van der Waals surface area contributed by atoms with Crippen LogP contribution in [0.1, 0.15) is 29.7 Å². The number of para-hydroxylation sites is 1. The van der Waals surface area contributed by atoms with Crippen molar-refractivity contribution in [3.05, 3.63) is 89.5 Å². The molecule has 0 unspecified atom stereocenters. The summed E-state index contributed by atoms with van der Waals surface area (Å²) in [6.45, 7) is 1.54. The molecule has 0 aliphatic carbocycles. The van der Waals surface area contributed by atoms with Crippen LogP contribution in [0.15, 0.2) is 67.0 Å². The molecule has 1 aliphatic rings. The van der Waals surface area contributed by atoms with Crippen LogP contribution in [0.4, 0.5) is 27.2 Å². The van der Waals surface area contributed by atoms with Crippen LogP contribution in [0.3, 0.4) is 0 Å². The van der Waals surface area contributed by atoms with E-state index < -0.39 is 41.8 Å². The summed E-state index contributed by atoms with van der Waals surface area (Å²) in [7, 11) is 0. The normalized spacial score (nSPS) is 18.3. The molecular formula is C23H19F4N3O3. The van der Waals surface area contributed by atoms with Crippen molar-refractivity contribution < 1.29 is 31.9 Å². The Hall–Kier alpha value is -3.82. The van der Waals surface area contributed by atoms with Gasteiger partial charge in [-0.3, -0.25) is 0 Å². The number of urea groups is 1. The van der Waals surface area contributed by atoms with Crippen molar-refractivity contribution >= 4 is 12.1 Å². The molecule has 3 aromatic rings. The number of carbonyl (C=O) groups is 2. The minimum atomic E-state index is -4.77. The summed E-state index contributed by atoms with van der Waals surface area (Å²) in [4.78, 5) is 25.9. The molecule has 1 saturated heterocycles. The van der Waals surface area contributed by atoms with Gasteiger partial charge in [-0.15, -0.1) is 0 Å². The van der Waals surface area contributed by atoms with Crippen LogP contribution in [0.5, 0.6) is 0 Å². The predicted molar refractivity (Wildman–Crippen MR) is 110 cm³/mol. The Morgan fingerprint density at radius 3 is 2.48 bits per heavy atom. The SMILES string of the molecule is C[C@H]1[C@@H](c2cc(F)cc(C(F)(F)F)c2)OC(=O)N1C(=O)NCc1ccccc1-n1cccc1. The number of imide groups is 1. The number of nitrogens with one attached hydrogen (secondary N) is 1. The lowest BCUT2D eigenvalue weighted by Crippen LogP contribution is -2.44. The average molecular weight is 461 g/mol. The minimum absolute atomic E-state index is 0.0898. The first kappa shape index (κ1) is 22.4. The van der Waals surface area contributed by atoms with E-state index in [1.54, 1.807) is 6.07 Å². The van der Waals surface area contributed by atoms with Gasteiger partial charge >= 0.3 is 18.3 Å². The largest absolute Gasteiger partial charge is 0.439 e. The number of ether oxygens (including phenoxy) is 1. The molecule has 1 aliphatic heterocycles. The van der Waals surface area contributed by atoms with E-state index in [4.69, 9.17) is 4.74 Å². The van der Waals surface area contributed by atoms with Crippen molar-refractivity contribution in [2.75, 3.05) is 0 Å². The van der Waals surface area contributed by atoms with Crippen LogP contribution in [0, 0.1) is 5.82 Å². The summed E-state index contributed by atoms with van der Waals surface area (Å²) >= 11 is 0. The van der Waals surface area contributed by atoms with E-state index in [1.807, 2.05) is 47.3 Å². The molecule has 2 atom stereocenters. The first-order chi connectivity index (χ1) is 15.6. The summed E-state index contributed by atoms with van der Waals surface area (Å²) < 4.78 is 60.0. The van der Waals surface area contributed by atoms with Gasteiger partial charge in [0.25, 0.3) is 0 Å². The van der Waals surface area contributed by atoms with Gasteiger partial charge < -0.3 is 14.6 Å². The van der Waals surface area contributed by atoms with Gasteiger partial charge in [-0.05, 0) is 54.4 Å². The molecule has 1 fully saturated rings. The zero-order valence-electron chi connectivity index (χ0n) is 17.3. The first-order valence-corrected chi connectivity index (χ1v) is 10.0. The standard InChI is InChI=1S/C23H19F4N3O3/c1-14-20(16-10-17(23(25,26)27)12-18(24)11-16)33-22(32)30(14)21(31)28-13-15-6-2-3-7-19(15)29-8-4-5-9-29/h2-12,14,20H,13H2,1H3,(H,28,31)/t14-,20-/m0/s1. The topological polar surface area (TPSA) is 63.6 Å². The summed E-state index contributed by atoms with van der Waals surface area (Å²) in [6, 6.07) is 11.2. The van der Waals surface area contributed by atoms with E-state index in [-0.39, 0.29) is 12.1 Å². The molecule has 2 aromatic carbocycles. The fourth-order valence-corrected chi connectivity index (χ4v) is 3.78. The molecule has 2 heterocycles. The highest BCUT2D eigenvalue weighted by Gasteiger charge is 2.44. The zero-order chi connectivity index (χ0) is 23.8. The van der Waals surface area contributed by atoms with Gasteiger partial charge in [0, 0.05) is 24.6 Å². The zero-order valence-corrected chi connectivity index (χ0v) is 17.3. The van der Waals surface area contributed by atoms with Crippen LogP contribution in [0.25, 0.3) is 5.69 Å². The maximum absolute atomic E-state index is 13.8. The van der Waals surface area contributed by atoms with Crippen LogP contribution in [0.2, 0.25) is 0 Å². The summed E-state index contributed by atoms with van der Waals surface area (Å²) in [5, 5.41) is 2.64. The molecule has 4 rings (SSSR count). The summed E-state index contributed by atoms with van der Waals surface area (Å²) in [6.07, 6.45) is -3.35. The van der Waals surface area contributed by atoms with Gasteiger partial charge in [0.1, 0.15) is 11.9 Å². The van der Waals surface area contributed by atoms with Crippen molar-refractivity contribution in [1.82, 2.24) is 14.8 Å². The van der Waals surface area contributed by atoms with Gasteiger partial charge in [0.05, 0.1) is 11.6 Å². The van der Waals surface area contributed by atoms with Crippen molar-refractivity contribution in [1.29, 1.82) is 0 Å². The minimum Gasteiger partial charge on any atom is -0.439 e. The lowest BCUT2D eigenvalue weighted by atomic mass is 10.0. The second kappa shape index (κ2) is 8.61. The second-order valence-electron chi connectivity index (χ2n) is 7.56. The van der Waals surface area contributed by atoms with Crippen LogP contribution >= 0.6 is 0 Å². The molecular weight excluding hydrogens is 442 g/mol. The van der Waals surface area contributed by atoms with Gasteiger partial charge in [0.2, 0.25) is 0 Å². The number of carbonyl (C=O) groups excluding carboxylic acids is 2. The molecule has 0 radical (unpaired) electrons. The number of rotatable bonds is 4.